The Balaban J connectivity index is 1.34. The van der Waals surface area contributed by atoms with Crippen LogP contribution in [0.15, 0.2) is 152 Å². The van der Waals surface area contributed by atoms with Crippen molar-refractivity contribution in [3.63, 3.8) is 0 Å². The van der Waals surface area contributed by atoms with Crippen LogP contribution in [-0.2, 0) is 48.2 Å². The second-order valence-corrected chi connectivity index (χ2v) is 14.0. The molecule has 1 saturated heterocycles. The summed E-state index contributed by atoms with van der Waals surface area (Å²) >= 11 is 0. The molecule has 0 radical (unpaired) electrons. The molecule has 6 rings (SSSR count). The molecule has 0 saturated carbocycles. The topological polar surface area (TPSA) is 55.4 Å². The lowest BCUT2D eigenvalue weighted by atomic mass is 9.96. The second kappa shape index (κ2) is 22.3. The quantitative estimate of drug-likeness (QED) is 0.0662. The number of unbranched alkanes of at least 4 members (excludes halogenated alkanes) is 5. The van der Waals surface area contributed by atoms with Gasteiger partial charge in [0, 0.05) is 6.61 Å². The molecule has 5 atom stereocenters. The Kier molecular flexibility index (Phi) is 16.3. The first-order valence-electron chi connectivity index (χ1n) is 19.7. The van der Waals surface area contributed by atoms with Crippen molar-refractivity contribution in [3.05, 3.63) is 179 Å². The van der Waals surface area contributed by atoms with Crippen LogP contribution in [0.25, 0.3) is 0 Å². The van der Waals surface area contributed by atoms with Crippen molar-refractivity contribution in [1.29, 1.82) is 0 Å². The average molecular weight is 729 g/mol. The molecule has 284 valence electrons. The molecule has 6 nitrogen and oxygen atoms in total. The standard InChI is InChI=1S/C48H56O6/c1-2-3-4-5-6-22-33-50-48-47(54-44(41-29-18-10-19-30-41)42-31-20-11-21-32-42)46(52-36-40-27-16-9-17-28-40)45(51-35-39-25-14-8-15-26-39)43(53-48)37-49-34-38-23-12-7-13-24-38/h7-21,23-32,43-48H,2-6,22,33-37H2,1H3/t43-,45-,46+,47-,48-/m1/s1. The third-order valence-corrected chi connectivity index (χ3v) is 9.83. The lowest BCUT2D eigenvalue weighted by Crippen LogP contribution is -2.62. The Morgan fingerprint density at radius 2 is 0.944 bits per heavy atom. The highest BCUT2D eigenvalue weighted by Crippen LogP contribution is 2.36. The highest BCUT2D eigenvalue weighted by atomic mass is 16.7. The molecule has 0 bridgehead atoms. The minimum absolute atomic E-state index is 0.296. The fraction of sp³-hybridized carbons (Fsp3) is 0.375. The molecule has 1 aliphatic rings. The number of hydrogen-bond donors (Lipinski definition) is 0. The summed E-state index contributed by atoms with van der Waals surface area (Å²) in [6, 6.07) is 51.4. The fourth-order valence-corrected chi connectivity index (χ4v) is 6.93. The normalized spacial score (nSPS) is 19.9. The van der Waals surface area contributed by atoms with Crippen LogP contribution < -0.4 is 0 Å². The maximum absolute atomic E-state index is 7.30. The lowest BCUT2D eigenvalue weighted by Gasteiger charge is -2.46. The van der Waals surface area contributed by atoms with Crippen molar-refractivity contribution in [2.24, 2.45) is 0 Å². The molecule has 1 heterocycles. The van der Waals surface area contributed by atoms with E-state index >= 15 is 0 Å². The van der Waals surface area contributed by atoms with Crippen molar-refractivity contribution in [2.45, 2.75) is 102 Å². The van der Waals surface area contributed by atoms with Gasteiger partial charge in [0.15, 0.2) is 6.29 Å². The third kappa shape index (κ3) is 12.2. The van der Waals surface area contributed by atoms with E-state index in [0.29, 0.717) is 33.0 Å². The molecular weight excluding hydrogens is 673 g/mol. The van der Waals surface area contributed by atoms with Gasteiger partial charge in [-0.15, -0.1) is 0 Å². The summed E-state index contributed by atoms with van der Waals surface area (Å²) in [6.07, 6.45) is 3.64. The molecule has 0 spiro atoms. The largest absolute Gasteiger partial charge is 0.374 e. The fourth-order valence-electron chi connectivity index (χ4n) is 6.93. The van der Waals surface area contributed by atoms with Crippen LogP contribution >= 0.6 is 0 Å². The third-order valence-electron chi connectivity index (χ3n) is 9.83. The van der Waals surface area contributed by atoms with Gasteiger partial charge in [-0.25, -0.2) is 0 Å². The molecule has 54 heavy (non-hydrogen) atoms. The highest BCUT2D eigenvalue weighted by Gasteiger charge is 2.50. The summed E-state index contributed by atoms with van der Waals surface area (Å²) in [4.78, 5) is 0. The van der Waals surface area contributed by atoms with Crippen LogP contribution in [0.1, 0.15) is 79.4 Å². The molecule has 0 aromatic heterocycles. The summed E-state index contributed by atoms with van der Waals surface area (Å²) in [6.45, 7) is 4.30. The smallest absolute Gasteiger partial charge is 0.186 e. The molecule has 0 amide bonds. The van der Waals surface area contributed by atoms with Crippen LogP contribution in [0.3, 0.4) is 0 Å². The minimum Gasteiger partial charge on any atom is -0.374 e. The van der Waals surface area contributed by atoms with Gasteiger partial charge in [0.1, 0.15) is 30.5 Å². The van der Waals surface area contributed by atoms with Crippen molar-refractivity contribution in [2.75, 3.05) is 13.2 Å². The van der Waals surface area contributed by atoms with Crippen LogP contribution in [0.5, 0.6) is 0 Å². The first kappa shape index (κ1) is 39.6. The van der Waals surface area contributed by atoms with E-state index < -0.39 is 36.8 Å². The van der Waals surface area contributed by atoms with E-state index in [0.717, 1.165) is 40.7 Å². The van der Waals surface area contributed by atoms with Crippen LogP contribution in [-0.4, -0.2) is 43.9 Å². The van der Waals surface area contributed by atoms with E-state index in [1.54, 1.807) is 0 Å². The van der Waals surface area contributed by atoms with E-state index in [-0.39, 0.29) is 0 Å². The predicted molar refractivity (Wildman–Crippen MR) is 214 cm³/mol. The number of rotatable bonds is 22. The van der Waals surface area contributed by atoms with Gasteiger partial charge in [0.25, 0.3) is 0 Å². The van der Waals surface area contributed by atoms with Gasteiger partial charge in [-0.1, -0.05) is 191 Å². The van der Waals surface area contributed by atoms with Gasteiger partial charge in [0.05, 0.1) is 26.4 Å². The Morgan fingerprint density at radius 3 is 1.48 bits per heavy atom. The zero-order valence-electron chi connectivity index (χ0n) is 31.6. The summed E-state index contributed by atoms with van der Waals surface area (Å²) < 4.78 is 41.2. The monoisotopic (exact) mass is 728 g/mol. The number of ether oxygens (including phenoxy) is 6. The van der Waals surface area contributed by atoms with Crippen molar-refractivity contribution in [1.82, 2.24) is 0 Å². The maximum Gasteiger partial charge on any atom is 0.186 e. The maximum atomic E-state index is 7.30. The highest BCUT2D eigenvalue weighted by molar-refractivity contribution is 5.30. The van der Waals surface area contributed by atoms with Gasteiger partial charge in [-0.05, 0) is 34.2 Å². The van der Waals surface area contributed by atoms with E-state index in [2.05, 4.69) is 67.6 Å². The molecule has 6 heteroatoms. The predicted octanol–water partition coefficient (Wildman–Crippen LogP) is 10.7. The molecule has 0 aliphatic carbocycles. The molecule has 5 aromatic carbocycles. The van der Waals surface area contributed by atoms with Crippen molar-refractivity contribution >= 4 is 0 Å². The van der Waals surface area contributed by atoms with Gasteiger partial charge in [-0.2, -0.15) is 0 Å². The summed E-state index contributed by atoms with van der Waals surface area (Å²) in [7, 11) is 0. The van der Waals surface area contributed by atoms with Gasteiger partial charge < -0.3 is 28.4 Å². The molecule has 1 aliphatic heterocycles. The van der Waals surface area contributed by atoms with E-state index in [1.165, 1.54) is 25.7 Å². The molecule has 1 fully saturated rings. The second-order valence-electron chi connectivity index (χ2n) is 14.0. The number of hydrogen-bond acceptors (Lipinski definition) is 6. The molecular formula is C48H56O6. The SMILES string of the molecule is CCCCCCCCO[C@@H]1O[C@H](COCc2ccccc2)[C@@H](OCc2ccccc2)[C@H](OCc2ccccc2)[C@H]1OC(c1ccccc1)c1ccccc1. The Morgan fingerprint density at radius 1 is 0.481 bits per heavy atom. The lowest BCUT2D eigenvalue weighted by molar-refractivity contribution is -0.331. The minimum atomic E-state index is -0.724. The van der Waals surface area contributed by atoms with E-state index in [4.69, 9.17) is 28.4 Å². The van der Waals surface area contributed by atoms with Crippen LogP contribution in [0, 0.1) is 0 Å². The number of benzene rings is 5. The molecule has 5 aromatic rings. The van der Waals surface area contributed by atoms with E-state index in [9.17, 15) is 0 Å². The van der Waals surface area contributed by atoms with Gasteiger partial charge in [0.2, 0.25) is 0 Å². The summed E-state index contributed by atoms with van der Waals surface area (Å²) in [5.74, 6) is 0. The van der Waals surface area contributed by atoms with Crippen LogP contribution in [0.4, 0.5) is 0 Å². The van der Waals surface area contributed by atoms with Crippen molar-refractivity contribution < 1.29 is 28.4 Å². The van der Waals surface area contributed by atoms with Crippen LogP contribution in [0.2, 0.25) is 0 Å². The van der Waals surface area contributed by atoms with Crippen molar-refractivity contribution in [3.8, 4) is 0 Å². The zero-order valence-corrected chi connectivity index (χ0v) is 31.6. The first-order valence-corrected chi connectivity index (χ1v) is 19.7. The molecule has 0 N–H and O–H groups in total. The van der Waals surface area contributed by atoms with E-state index in [1.807, 2.05) is 91.0 Å². The van der Waals surface area contributed by atoms with Gasteiger partial charge in [-0.3, -0.25) is 0 Å². The first-order chi connectivity index (χ1) is 26.8. The summed E-state index contributed by atoms with van der Waals surface area (Å²) in [5, 5.41) is 0. The Labute approximate surface area is 322 Å². The zero-order chi connectivity index (χ0) is 37.0. The van der Waals surface area contributed by atoms with Gasteiger partial charge >= 0.3 is 0 Å². The Hall–Kier alpha value is -4.14. The average Bonchev–Trinajstić information content (AvgIpc) is 3.23. The molecule has 0 unspecified atom stereocenters. The Bertz CT molecular complexity index is 1650. The summed E-state index contributed by atoms with van der Waals surface area (Å²) in [5.41, 5.74) is 5.30.